The molecule has 4 rings (SSSR count). The van der Waals surface area contributed by atoms with Crippen molar-refractivity contribution in [3.63, 3.8) is 0 Å². The summed E-state index contributed by atoms with van der Waals surface area (Å²) in [6, 6.07) is 13.6. The lowest BCUT2D eigenvalue weighted by molar-refractivity contribution is 0.198. The highest BCUT2D eigenvalue weighted by atomic mass is 19.1. The third-order valence-corrected chi connectivity index (χ3v) is 5.82. The minimum Gasteiger partial charge on any atom is -0.307 e. The Morgan fingerprint density at radius 3 is 2.45 bits per heavy atom. The Hall–Kier alpha value is -2.99. The van der Waals surface area contributed by atoms with Gasteiger partial charge in [0.05, 0.1) is 10.9 Å². The first kappa shape index (κ1) is 19.3. The molecule has 150 valence electrons. The van der Waals surface area contributed by atoms with Crippen LogP contribution in [0, 0.1) is 11.7 Å². The number of benzene rings is 2. The van der Waals surface area contributed by atoms with Crippen LogP contribution in [0.2, 0.25) is 0 Å². The van der Waals surface area contributed by atoms with Gasteiger partial charge in [-0.2, -0.15) is 0 Å². The Morgan fingerprint density at radius 2 is 1.72 bits per heavy atom. The second-order valence-electron chi connectivity index (χ2n) is 7.58. The molecule has 1 saturated heterocycles. The van der Waals surface area contributed by atoms with Gasteiger partial charge in [-0.3, -0.25) is 9.36 Å². The van der Waals surface area contributed by atoms with Crippen LogP contribution < -0.4 is 11.2 Å². The first-order valence-electron chi connectivity index (χ1n) is 9.92. The van der Waals surface area contributed by atoms with E-state index in [2.05, 4.69) is 16.5 Å². The van der Waals surface area contributed by atoms with Crippen LogP contribution in [0.4, 0.5) is 4.39 Å². The Morgan fingerprint density at radius 1 is 1.03 bits per heavy atom. The van der Waals surface area contributed by atoms with Crippen molar-refractivity contribution in [2.45, 2.75) is 19.4 Å². The average Bonchev–Trinajstić information content (AvgIpc) is 2.74. The SMILES string of the molecule is C=C(c1ccc(F)cc1)C1CCN(CCn2c(=O)[nH]c3ccccc3c2=O)CC1. The summed E-state index contributed by atoms with van der Waals surface area (Å²) in [7, 11) is 0. The number of aromatic nitrogens is 2. The molecule has 0 saturated carbocycles. The molecule has 6 heteroatoms. The minimum absolute atomic E-state index is 0.240. The van der Waals surface area contributed by atoms with E-state index in [-0.39, 0.29) is 17.1 Å². The Kier molecular flexibility index (Phi) is 5.45. The van der Waals surface area contributed by atoms with Gasteiger partial charge < -0.3 is 9.88 Å². The topological polar surface area (TPSA) is 58.1 Å². The summed E-state index contributed by atoms with van der Waals surface area (Å²) in [4.78, 5) is 30.0. The Bertz CT molecular complexity index is 1140. The van der Waals surface area contributed by atoms with Gasteiger partial charge in [-0.05, 0) is 67.3 Å². The molecule has 2 aromatic carbocycles. The summed E-state index contributed by atoms with van der Waals surface area (Å²) in [5, 5.41) is 0.529. The Balaban J connectivity index is 1.38. The number of hydrogen-bond acceptors (Lipinski definition) is 3. The van der Waals surface area contributed by atoms with Crippen molar-refractivity contribution in [1.82, 2.24) is 14.5 Å². The predicted molar refractivity (Wildman–Crippen MR) is 113 cm³/mol. The molecule has 1 aliphatic rings. The number of hydrogen-bond donors (Lipinski definition) is 1. The third kappa shape index (κ3) is 4.07. The van der Waals surface area contributed by atoms with Crippen LogP contribution >= 0.6 is 0 Å². The first-order valence-corrected chi connectivity index (χ1v) is 9.92. The van der Waals surface area contributed by atoms with E-state index in [0.29, 0.717) is 29.9 Å². The number of aromatic amines is 1. The van der Waals surface area contributed by atoms with E-state index in [0.717, 1.165) is 37.1 Å². The minimum atomic E-state index is -0.367. The smallest absolute Gasteiger partial charge is 0.307 e. The molecule has 0 aliphatic carbocycles. The van der Waals surface area contributed by atoms with Gasteiger partial charge in [0.1, 0.15) is 5.82 Å². The normalized spacial score (nSPS) is 15.6. The lowest BCUT2D eigenvalue weighted by Crippen LogP contribution is -2.41. The molecule has 1 aliphatic heterocycles. The van der Waals surface area contributed by atoms with Gasteiger partial charge in [-0.1, -0.05) is 30.8 Å². The number of para-hydroxylation sites is 1. The lowest BCUT2D eigenvalue weighted by atomic mass is 9.86. The van der Waals surface area contributed by atoms with E-state index in [9.17, 15) is 14.0 Å². The highest BCUT2D eigenvalue weighted by Crippen LogP contribution is 2.30. The zero-order chi connectivity index (χ0) is 20.4. The fraction of sp³-hybridized carbons (Fsp3) is 0.304. The standard InChI is InChI=1S/C23H24FN3O2/c1-16(17-6-8-19(24)9-7-17)18-10-12-26(13-11-18)14-15-27-22(28)20-4-2-3-5-21(20)25-23(27)29/h2-9,18H,1,10-15H2,(H,25,29). The summed E-state index contributed by atoms with van der Waals surface area (Å²) in [5.74, 6) is 0.124. The van der Waals surface area contributed by atoms with Crippen molar-refractivity contribution in [2.75, 3.05) is 19.6 Å². The zero-order valence-electron chi connectivity index (χ0n) is 16.2. The summed E-state index contributed by atoms with van der Waals surface area (Å²) in [6.07, 6.45) is 1.92. The Labute approximate surface area is 168 Å². The average molecular weight is 393 g/mol. The van der Waals surface area contributed by atoms with Crippen molar-refractivity contribution in [2.24, 2.45) is 5.92 Å². The van der Waals surface area contributed by atoms with Crippen molar-refractivity contribution in [3.05, 3.63) is 87.3 Å². The van der Waals surface area contributed by atoms with E-state index in [1.165, 1.54) is 16.7 Å². The molecule has 1 fully saturated rings. The fourth-order valence-corrected chi connectivity index (χ4v) is 4.05. The van der Waals surface area contributed by atoms with Crippen LogP contribution in [0.15, 0.2) is 64.7 Å². The molecule has 0 atom stereocenters. The molecule has 3 aromatic rings. The number of allylic oxidation sites excluding steroid dienone is 1. The van der Waals surface area contributed by atoms with Gasteiger partial charge in [0.2, 0.25) is 0 Å². The molecular formula is C23H24FN3O2. The van der Waals surface area contributed by atoms with E-state index >= 15 is 0 Å². The number of H-pyrrole nitrogens is 1. The van der Waals surface area contributed by atoms with Gasteiger partial charge >= 0.3 is 5.69 Å². The molecule has 1 aromatic heterocycles. The molecule has 0 unspecified atom stereocenters. The van der Waals surface area contributed by atoms with E-state index < -0.39 is 0 Å². The highest BCUT2D eigenvalue weighted by molar-refractivity contribution is 5.76. The summed E-state index contributed by atoms with van der Waals surface area (Å²) < 4.78 is 14.4. The van der Waals surface area contributed by atoms with Crippen molar-refractivity contribution in [3.8, 4) is 0 Å². The fourth-order valence-electron chi connectivity index (χ4n) is 4.05. The van der Waals surface area contributed by atoms with Crippen LogP contribution in [-0.4, -0.2) is 34.1 Å². The molecule has 2 heterocycles. The van der Waals surface area contributed by atoms with Crippen LogP contribution in [0.1, 0.15) is 18.4 Å². The van der Waals surface area contributed by atoms with Crippen LogP contribution in [-0.2, 0) is 6.54 Å². The van der Waals surface area contributed by atoms with Crippen molar-refractivity contribution >= 4 is 16.5 Å². The highest BCUT2D eigenvalue weighted by Gasteiger charge is 2.22. The number of likely N-dealkylation sites (tertiary alicyclic amines) is 1. The summed E-state index contributed by atoms with van der Waals surface area (Å²) >= 11 is 0. The van der Waals surface area contributed by atoms with E-state index in [1.54, 1.807) is 36.4 Å². The maximum absolute atomic E-state index is 13.1. The van der Waals surface area contributed by atoms with E-state index in [1.807, 2.05) is 0 Å². The van der Waals surface area contributed by atoms with Gasteiger partial charge in [-0.15, -0.1) is 0 Å². The lowest BCUT2D eigenvalue weighted by Gasteiger charge is -2.33. The molecule has 0 radical (unpaired) electrons. The quantitative estimate of drug-likeness (QED) is 0.724. The van der Waals surface area contributed by atoms with Crippen LogP contribution in [0.3, 0.4) is 0 Å². The zero-order valence-corrected chi connectivity index (χ0v) is 16.2. The summed E-state index contributed by atoms with van der Waals surface area (Å²) in [5.41, 5.74) is 1.99. The number of halogens is 1. The number of fused-ring (bicyclic) bond motifs is 1. The monoisotopic (exact) mass is 393 g/mol. The number of piperidine rings is 1. The summed E-state index contributed by atoms with van der Waals surface area (Å²) in [6.45, 7) is 6.99. The molecule has 0 spiro atoms. The molecular weight excluding hydrogens is 369 g/mol. The van der Waals surface area contributed by atoms with Gasteiger partial charge in [0.15, 0.2) is 0 Å². The van der Waals surface area contributed by atoms with Crippen LogP contribution in [0.5, 0.6) is 0 Å². The molecule has 0 amide bonds. The van der Waals surface area contributed by atoms with Gasteiger partial charge in [0.25, 0.3) is 5.56 Å². The van der Waals surface area contributed by atoms with Gasteiger partial charge in [-0.25, -0.2) is 9.18 Å². The number of nitrogens with zero attached hydrogens (tertiary/aromatic N) is 2. The number of rotatable bonds is 5. The maximum atomic E-state index is 13.1. The molecule has 5 nitrogen and oxygen atoms in total. The predicted octanol–water partition coefficient (Wildman–Crippen LogP) is 3.25. The second-order valence-corrected chi connectivity index (χ2v) is 7.58. The second kappa shape index (κ2) is 8.17. The third-order valence-electron chi connectivity index (χ3n) is 5.82. The van der Waals surface area contributed by atoms with E-state index in [4.69, 9.17) is 0 Å². The first-order chi connectivity index (χ1) is 14.0. The largest absolute Gasteiger partial charge is 0.328 e. The molecule has 1 N–H and O–H groups in total. The van der Waals surface area contributed by atoms with Crippen molar-refractivity contribution in [1.29, 1.82) is 0 Å². The molecule has 0 bridgehead atoms. The van der Waals surface area contributed by atoms with Gasteiger partial charge in [0, 0.05) is 13.1 Å². The van der Waals surface area contributed by atoms with Crippen LogP contribution in [0.25, 0.3) is 16.5 Å². The number of nitrogens with one attached hydrogen (secondary N) is 1. The maximum Gasteiger partial charge on any atom is 0.328 e. The molecule has 29 heavy (non-hydrogen) atoms. The van der Waals surface area contributed by atoms with Crippen molar-refractivity contribution < 1.29 is 4.39 Å².